The number of carbonyl (C=O) groups is 1. The SMILES string of the molecule is CCC(CN)NC(=O)Cc1ccc(Cl)c(Cl)c1. The maximum absolute atomic E-state index is 11.7. The fourth-order valence-corrected chi connectivity index (χ4v) is 1.76. The zero-order chi connectivity index (χ0) is 12.8. The van der Waals surface area contributed by atoms with Crippen molar-refractivity contribution >= 4 is 29.1 Å². The number of hydrogen-bond donors (Lipinski definition) is 2. The lowest BCUT2D eigenvalue weighted by molar-refractivity contribution is -0.121. The van der Waals surface area contributed by atoms with Gasteiger partial charge < -0.3 is 11.1 Å². The molecule has 1 unspecified atom stereocenters. The first-order valence-corrected chi connectivity index (χ1v) is 6.25. The highest BCUT2D eigenvalue weighted by Crippen LogP contribution is 2.22. The Labute approximate surface area is 111 Å². The van der Waals surface area contributed by atoms with Gasteiger partial charge in [-0.2, -0.15) is 0 Å². The Bertz CT molecular complexity index is 392. The van der Waals surface area contributed by atoms with Crippen LogP contribution < -0.4 is 11.1 Å². The van der Waals surface area contributed by atoms with Crippen LogP contribution in [-0.4, -0.2) is 18.5 Å². The van der Waals surface area contributed by atoms with E-state index in [-0.39, 0.29) is 18.4 Å². The van der Waals surface area contributed by atoms with Crippen molar-refractivity contribution in [3.05, 3.63) is 33.8 Å². The molecule has 1 rings (SSSR count). The van der Waals surface area contributed by atoms with Gasteiger partial charge in [0.25, 0.3) is 0 Å². The van der Waals surface area contributed by atoms with Gasteiger partial charge in [0.05, 0.1) is 16.5 Å². The van der Waals surface area contributed by atoms with Crippen LogP contribution in [0.1, 0.15) is 18.9 Å². The summed E-state index contributed by atoms with van der Waals surface area (Å²) in [5.41, 5.74) is 6.35. The summed E-state index contributed by atoms with van der Waals surface area (Å²) < 4.78 is 0. The van der Waals surface area contributed by atoms with Crippen LogP contribution in [0.2, 0.25) is 10.0 Å². The van der Waals surface area contributed by atoms with Gasteiger partial charge in [-0.15, -0.1) is 0 Å². The summed E-state index contributed by atoms with van der Waals surface area (Å²) in [4.78, 5) is 11.7. The maximum atomic E-state index is 11.7. The molecule has 0 fully saturated rings. The van der Waals surface area contributed by atoms with Crippen LogP contribution in [-0.2, 0) is 11.2 Å². The van der Waals surface area contributed by atoms with Crippen molar-refractivity contribution in [2.45, 2.75) is 25.8 Å². The average molecular weight is 275 g/mol. The van der Waals surface area contributed by atoms with Gasteiger partial charge in [0.2, 0.25) is 5.91 Å². The maximum Gasteiger partial charge on any atom is 0.224 e. The molecule has 17 heavy (non-hydrogen) atoms. The smallest absolute Gasteiger partial charge is 0.224 e. The molecular weight excluding hydrogens is 259 g/mol. The number of halogens is 2. The third-order valence-electron chi connectivity index (χ3n) is 2.49. The second kappa shape index (κ2) is 6.84. The summed E-state index contributed by atoms with van der Waals surface area (Å²) in [6.45, 7) is 2.43. The van der Waals surface area contributed by atoms with E-state index in [1.165, 1.54) is 0 Å². The fourth-order valence-electron chi connectivity index (χ4n) is 1.44. The lowest BCUT2D eigenvalue weighted by atomic mass is 10.1. The fraction of sp³-hybridized carbons (Fsp3) is 0.417. The summed E-state index contributed by atoms with van der Waals surface area (Å²) in [6.07, 6.45) is 1.11. The van der Waals surface area contributed by atoms with Gasteiger partial charge in [-0.25, -0.2) is 0 Å². The van der Waals surface area contributed by atoms with E-state index in [0.29, 0.717) is 16.6 Å². The molecule has 0 aliphatic carbocycles. The molecule has 3 nitrogen and oxygen atoms in total. The molecule has 0 bridgehead atoms. The third kappa shape index (κ3) is 4.54. The Kier molecular flexibility index (Phi) is 5.75. The van der Waals surface area contributed by atoms with Crippen LogP contribution >= 0.6 is 23.2 Å². The monoisotopic (exact) mass is 274 g/mol. The third-order valence-corrected chi connectivity index (χ3v) is 3.23. The Morgan fingerprint density at radius 1 is 1.41 bits per heavy atom. The topological polar surface area (TPSA) is 55.1 Å². The summed E-state index contributed by atoms with van der Waals surface area (Å²) >= 11 is 11.7. The molecule has 0 aliphatic rings. The first kappa shape index (κ1) is 14.3. The lowest BCUT2D eigenvalue weighted by Gasteiger charge is -2.14. The lowest BCUT2D eigenvalue weighted by Crippen LogP contribution is -2.40. The van der Waals surface area contributed by atoms with E-state index in [9.17, 15) is 4.79 Å². The van der Waals surface area contributed by atoms with E-state index in [1.54, 1.807) is 18.2 Å². The van der Waals surface area contributed by atoms with E-state index >= 15 is 0 Å². The molecule has 3 N–H and O–H groups in total. The molecule has 5 heteroatoms. The first-order valence-electron chi connectivity index (χ1n) is 5.50. The van der Waals surface area contributed by atoms with Gasteiger partial charge >= 0.3 is 0 Å². The van der Waals surface area contributed by atoms with Gasteiger partial charge in [0, 0.05) is 12.6 Å². The molecule has 0 aromatic heterocycles. The molecule has 0 saturated heterocycles. The molecule has 1 aromatic carbocycles. The van der Waals surface area contributed by atoms with Gasteiger partial charge in [0.15, 0.2) is 0 Å². The van der Waals surface area contributed by atoms with Gasteiger partial charge in [-0.1, -0.05) is 36.2 Å². The molecule has 1 aromatic rings. The minimum absolute atomic E-state index is 0.0327. The van der Waals surface area contributed by atoms with E-state index in [1.807, 2.05) is 6.92 Å². The van der Waals surface area contributed by atoms with Gasteiger partial charge in [-0.3, -0.25) is 4.79 Å². The molecule has 0 heterocycles. The van der Waals surface area contributed by atoms with Crippen LogP contribution in [0.4, 0.5) is 0 Å². The zero-order valence-electron chi connectivity index (χ0n) is 9.67. The van der Waals surface area contributed by atoms with Crippen molar-refractivity contribution in [2.24, 2.45) is 5.73 Å². The molecule has 1 amide bonds. The summed E-state index contributed by atoms with van der Waals surface area (Å²) in [7, 11) is 0. The van der Waals surface area contributed by atoms with Gasteiger partial charge in [0.1, 0.15) is 0 Å². The normalized spacial score (nSPS) is 12.2. The number of benzene rings is 1. The second-order valence-corrected chi connectivity index (χ2v) is 4.65. The molecule has 0 aliphatic heterocycles. The Morgan fingerprint density at radius 3 is 2.65 bits per heavy atom. The van der Waals surface area contributed by atoms with E-state index in [0.717, 1.165) is 12.0 Å². The number of hydrogen-bond acceptors (Lipinski definition) is 2. The predicted octanol–water partition coefficient (Wildman–Crippen LogP) is 2.39. The van der Waals surface area contributed by atoms with Crippen LogP contribution in [0, 0.1) is 0 Å². The molecule has 0 spiro atoms. The van der Waals surface area contributed by atoms with Crippen molar-refractivity contribution < 1.29 is 4.79 Å². The number of nitrogens with one attached hydrogen (secondary N) is 1. The van der Waals surface area contributed by atoms with Crippen LogP contribution in [0.25, 0.3) is 0 Å². The largest absolute Gasteiger partial charge is 0.352 e. The Hall–Kier alpha value is -0.770. The summed E-state index contributed by atoms with van der Waals surface area (Å²) in [5.74, 6) is -0.0549. The summed E-state index contributed by atoms with van der Waals surface area (Å²) in [6, 6.07) is 5.21. The summed E-state index contributed by atoms with van der Waals surface area (Å²) in [5, 5.41) is 3.81. The van der Waals surface area contributed by atoms with Crippen molar-refractivity contribution in [3.8, 4) is 0 Å². The zero-order valence-corrected chi connectivity index (χ0v) is 11.2. The highest BCUT2D eigenvalue weighted by molar-refractivity contribution is 6.42. The van der Waals surface area contributed by atoms with E-state index < -0.39 is 0 Å². The van der Waals surface area contributed by atoms with Crippen molar-refractivity contribution in [3.63, 3.8) is 0 Å². The van der Waals surface area contributed by atoms with Crippen molar-refractivity contribution in [2.75, 3.05) is 6.54 Å². The number of amides is 1. The van der Waals surface area contributed by atoms with Crippen LogP contribution in [0.15, 0.2) is 18.2 Å². The van der Waals surface area contributed by atoms with Crippen molar-refractivity contribution in [1.82, 2.24) is 5.32 Å². The molecular formula is C12H16Cl2N2O. The van der Waals surface area contributed by atoms with Gasteiger partial charge in [-0.05, 0) is 24.1 Å². The molecule has 0 saturated carbocycles. The van der Waals surface area contributed by atoms with Crippen LogP contribution in [0.5, 0.6) is 0 Å². The predicted molar refractivity (Wildman–Crippen MR) is 71.4 cm³/mol. The average Bonchev–Trinajstić information content (AvgIpc) is 2.31. The molecule has 0 radical (unpaired) electrons. The highest BCUT2D eigenvalue weighted by atomic mass is 35.5. The first-order chi connectivity index (χ1) is 8.06. The number of nitrogens with two attached hydrogens (primary N) is 1. The standard InChI is InChI=1S/C12H16Cl2N2O/c1-2-9(7-15)16-12(17)6-8-3-4-10(13)11(14)5-8/h3-5,9H,2,6-7,15H2,1H3,(H,16,17). The van der Waals surface area contributed by atoms with Crippen molar-refractivity contribution in [1.29, 1.82) is 0 Å². The van der Waals surface area contributed by atoms with Crippen LogP contribution in [0.3, 0.4) is 0 Å². The minimum atomic E-state index is -0.0549. The molecule has 1 atom stereocenters. The number of rotatable bonds is 5. The minimum Gasteiger partial charge on any atom is -0.352 e. The Morgan fingerprint density at radius 2 is 2.12 bits per heavy atom. The highest BCUT2D eigenvalue weighted by Gasteiger charge is 2.09. The number of carbonyl (C=O) groups excluding carboxylic acids is 1. The Balaban J connectivity index is 2.58. The second-order valence-electron chi connectivity index (χ2n) is 3.83. The molecule has 94 valence electrons. The van der Waals surface area contributed by atoms with E-state index in [2.05, 4.69) is 5.32 Å². The quantitative estimate of drug-likeness (QED) is 0.866. The van der Waals surface area contributed by atoms with E-state index in [4.69, 9.17) is 28.9 Å².